The Kier molecular flexibility index (Phi) is 8.54. The van der Waals surface area contributed by atoms with Gasteiger partial charge in [-0.25, -0.2) is 9.78 Å². The summed E-state index contributed by atoms with van der Waals surface area (Å²) in [6.45, 7) is 6.47. The molecule has 4 aromatic rings. The third-order valence-corrected chi connectivity index (χ3v) is 7.85. The first-order valence-corrected chi connectivity index (χ1v) is 14.3. The number of unbranched alkanes of at least 4 members (excludes halogenated alkanes) is 1. The van der Waals surface area contributed by atoms with Gasteiger partial charge in [0.25, 0.3) is 0 Å². The van der Waals surface area contributed by atoms with Crippen LogP contribution in [0, 0.1) is 12.8 Å². The minimum atomic E-state index is -0.564. The molecule has 39 heavy (non-hydrogen) atoms. The van der Waals surface area contributed by atoms with Crippen LogP contribution < -0.4 is 10.5 Å². The van der Waals surface area contributed by atoms with Crippen LogP contribution in [0.3, 0.4) is 0 Å². The summed E-state index contributed by atoms with van der Waals surface area (Å²) >= 11 is 0. The fourth-order valence-corrected chi connectivity index (χ4v) is 5.56. The minimum Gasteiger partial charge on any atom is -0.474 e. The van der Waals surface area contributed by atoms with Gasteiger partial charge < -0.3 is 4.74 Å². The van der Waals surface area contributed by atoms with E-state index in [0.29, 0.717) is 5.82 Å². The van der Waals surface area contributed by atoms with Crippen LogP contribution in [0.1, 0.15) is 81.4 Å². The van der Waals surface area contributed by atoms with Crippen LogP contribution in [-0.4, -0.2) is 26.2 Å². The van der Waals surface area contributed by atoms with E-state index in [0.717, 1.165) is 84.1 Å². The Bertz CT molecular complexity index is 1430. The second-order valence-corrected chi connectivity index (χ2v) is 10.6. The molecule has 0 unspecified atom stereocenters. The summed E-state index contributed by atoms with van der Waals surface area (Å²) in [5.41, 5.74) is 6.22. The van der Waals surface area contributed by atoms with Gasteiger partial charge in [0.15, 0.2) is 5.82 Å². The molecule has 0 aliphatic heterocycles. The van der Waals surface area contributed by atoms with Crippen molar-refractivity contribution in [1.29, 1.82) is 0 Å². The largest absolute Gasteiger partial charge is 0.474 e. The van der Waals surface area contributed by atoms with Crippen molar-refractivity contribution < 1.29 is 9.26 Å². The lowest BCUT2D eigenvalue weighted by Gasteiger charge is -2.29. The van der Waals surface area contributed by atoms with Gasteiger partial charge in [0, 0.05) is 17.5 Å². The third kappa shape index (κ3) is 6.47. The predicted molar refractivity (Wildman–Crippen MR) is 153 cm³/mol. The zero-order valence-electron chi connectivity index (χ0n) is 23.2. The average molecular weight is 527 g/mol. The molecule has 204 valence electrons. The Labute approximate surface area is 230 Å². The smallest absolute Gasteiger partial charge is 0.439 e. The fraction of sp³-hybridized carbons (Fsp3) is 0.438. The number of benzene rings is 2. The quantitative estimate of drug-likeness (QED) is 0.237. The van der Waals surface area contributed by atoms with Crippen LogP contribution in [-0.2, 0) is 12.8 Å². The van der Waals surface area contributed by atoms with E-state index in [1.54, 1.807) is 0 Å². The molecule has 1 aliphatic carbocycles. The molecular weight excluding hydrogens is 488 g/mol. The van der Waals surface area contributed by atoms with E-state index >= 15 is 0 Å². The maximum atomic E-state index is 11.5. The summed E-state index contributed by atoms with van der Waals surface area (Å²) < 4.78 is 11.4. The molecule has 2 aromatic heterocycles. The maximum Gasteiger partial charge on any atom is 0.439 e. The Balaban J connectivity index is 1.42. The molecule has 0 bridgehead atoms. The van der Waals surface area contributed by atoms with Gasteiger partial charge in [0.2, 0.25) is 5.88 Å². The van der Waals surface area contributed by atoms with E-state index < -0.39 is 5.76 Å². The zero-order valence-corrected chi connectivity index (χ0v) is 23.2. The van der Waals surface area contributed by atoms with E-state index in [1.165, 1.54) is 24.8 Å². The molecule has 5 rings (SSSR count). The van der Waals surface area contributed by atoms with Crippen LogP contribution >= 0.6 is 0 Å². The van der Waals surface area contributed by atoms with Gasteiger partial charge in [-0.1, -0.05) is 80.4 Å². The number of aryl methyl sites for hydroxylation is 2. The Morgan fingerprint density at radius 3 is 2.38 bits per heavy atom. The number of hydrogen-bond donors (Lipinski definition) is 1. The lowest BCUT2D eigenvalue weighted by molar-refractivity contribution is 0.123. The van der Waals surface area contributed by atoms with Gasteiger partial charge in [0.05, 0.1) is 5.69 Å². The summed E-state index contributed by atoms with van der Waals surface area (Å²) in [6.07, 6.45) is 9.97. The van der Waals surface area contributed by atoms with Crippen molar-refractivity contribution in [2.24, 2.45) is 5.92 Å². The third-order valence-electron chi connectivity index (χ3n) is 7.85. The number of nitrogens with one attached hydrogen (secondary N) is 1. The molecule has 2 aromatic carbocycles. The molecule has 7 nitrogen and oxygen atoms in total. The Morgan fingerprint density at radius 1 is 0.974 bits per heavy atom. The standard InChI is InChI=1S/C32H38N4O3/c1-4-6-11-29-28(31(34-21(3)33-29)38-25-18-14-22(5-2)15-19-25)20-23-12-16-24(17-13-23)26-9-7-8-10-27(26)30-35-32(37)39-36-30/h7-10,12-13,16-17,22,25H,4-6,11,14-15,18-20H2,1-3H3,(H,35,36,37). The predicted octanol–water partition coefficient (Wildman–Crippen LogP) is 7.08. The first-order valence-electron chi connectivity index (χ1n) is 14.3. The topological polar surface area (TPSA) is 93.9 Å². The molecular formula is C32H38N4O3. The zero-order chi connectivity index (χ0) is 27.2. The monoisotopic (exact) mass is 526 g/mol. The second kappa shape index (κ2) is 12.4. The maximum absolute atomic E-state index is 11.5. The normalized spacial score (nSPS) is 17.3. The lowest BCUT2D eigenvalue weighted by Crippen LogP contribution is -2.25. The van der Waals surface area contributed by atoms with Crippen molar-refractivity contribution in [3.8, 4) is 28.4 Å². The highest BCUT2D eigenvalue weighted by molar-refractivity contribution is 5.80. The highest BCUT2D eigenvalue weighted by Gasteiger charge is 2.24. The average Bonchev–Trinajstić information content (AvgIpc) is 3.40. The molecule has 0 amide bonds. The van der Waals surface area contributed by atoms with Gasteiger partial charge >= 0.3 is 5.76 Å². The number of H-pyrrole nitrogens is 1. The first kappa shape index (κ1) is 26.9. The Hall–Kier alpha value is -3.74. The summed E-state index contributed by atoms with van der Waals surface area (Å²) in [4.78, 5) is 23.8. The first-order chi connectivity index (χ1) is 19.0. The second-order valence-electron chi connectivity index (χ2n) is 10.6. The van der Waals surface area contributed by atoms with Crippen LogP contribution in [0.5, 0.6) is 5.88 Å². The number of aromatic nitrogens is 4. The number of ether oxygens (including phenoxy) is 1. The molecule has 2 heterocycles. The van der Waals surface area contributed by atoms with E-state index in [2.05, 4.69) is 48.3 Å². The van der Waals surface area contributed by atoms with Crippen molar-refractivity contribution >= 4 is 0 Å². The minimum absolute atomic E-state index is 0.224. The fourth-order valence-electron chi connectivity index (χ4n) is 5.56. The highest BCUT2D eigenvalue weighted by atomic mass is 16.5. The van der Waals surface area contributed by atoms with Gasteiger partial charge in [-0.05, 0) is 68.1 Å². The van der Waals surface area contributed by atoms with Gasteiger partial charge in [0.1, 0.15) is 11.9 Å². The van der Waals surface area contributed by atoms with Crippen LogP contribution in [0.2, 0.25) is 0 Å². The molecule has 0 radical (unpaired) electrons. The van der Waals surface area contributed by atoms with Crippen LogP contribution in [0.25, 0.3) is 22.5 Å². The van der Waals surface area contributed by atoms with Crippen molar-refractivity contribution in [2.45, 2.75) is 84.7 Å². The van der Waals surface area contributed by atoms with Crippen molar-refractivity contribution in [2.75, 3.05) is 0 Å². The summed E-state index contributed by atoms with van der Waals surface area (Å²) in [6, 6.07) is 16.4. The molecule has 7 heteroatoms. The molecule has 1 N–H and O–H groups in total. The van der Waals surface area contributed by atoms with Gasteiger partial charge in [-0.3, -0.25) is 9.51 Å². The van der Waals surface area contributed by atoms with E-state index in [4.69, 9.17) is 19.2 Å². The summed E-state index contributed by atoms with van der Waals surface area (Å²) in [5.74, 6) is 2.22. The van der Waals surface area contributed by atoms with Crippen molar-refractivity contribution in [3.63, 3.8) is 0 Å². The summed E-state index contributed by atoms with van der Waals surface area (Å²) in [7, 11) is 0. The molecule has 0 spiro atoms. The van der Waals surface area contributed by atoms with Crippen LogP contribution in [0.4, 0.5) is 0 Å². The van der Waals surface area contributed by atoms with E-state index in [1.807, 2.05) is 31.2 Å². The molecule has 0 atom stereocenters. The Morgan fingerprint density at radius 2 is 1.72 bits per heavy atom. The van der Waals surface area contributed by atoms with Crippen molar-refractivity contribution in [1.82, 2.24) is 20.1 Å². The molecule has 1 saturated carbocycles. The van der Waals surface area contributed by atoms with Gasteiger partial charge in [-0.2, -0.15) is 4.98 Å². The molecule has 1 fully saturated rings. The molecule has 0 saturated heterocycles. The van der Waals surface area contributed by atoms with E-state index in [-0.39, 0.29) is 6.10 Å². The number of hydrogen-bond acceptors (Lipinski definition) is 6. The number of rotatable bonds is 10. The molecule has 1 aliphatic rings. The summed E-state index contributed by atoms with van der Waals surface area (Å²) in [5, 5.41) is 3.88. The highest BCUT2D eigenvalue weighted by Crippen LogP contribution is 2.33. The van der Waals surface area contributed by atoms with E-state index in [9.17, 15) is 4.79 Å². The van der Waals surface area contributed by atoms with Crippen LogP contribution in [0.15, 0.2) is 57.8 Å². The lowest BCUT2D eigenvalue weighted by atomic mass is 9.86. The van der Waals surface area contributed by atoms with Crippen molar-refractivity contribution in [3.05, 3.63) is 81.7 Å². The van der Waals surface area contributed by atoms with Gasteiger partial charge in [-0.15, -0.1) is 0 Å². The number of aromatic amines is 1. The number of nitrogens with zero attached hydrogens (tertiary/aromatic N) is 3. The SMILES string of the molecule is CCCCc1nc(C)nc(OC2CCC(CC)CC2)c1Cc1ccc(-c2ccccc2-c2noc(=O)[nH]2)cc1.